The summed E-state index contributed by atoms with van der Waals surface area (Å²) in [6, 6.07) is 16.6. The van der Waals surface area contributed by atoms with Crippen LogP contribution in [0, 0.1) is 12.8 Å². The maximum absolute atomic E-state index is 13.5. The maximum atomic E-state index is 13.5. The highest BCUT2D eigenvalue weighted by Gasteiger charge is 2.24. The first kappa shape index (κ1) is 29.4. The second kappa shape index (κ2) is 13.7. The number of pyridine rings is 2. The van der Waals surface area contributed by atoms with Crippen LogP contribution >= 0.6 is 0 Å². The Hall–Kier alpha value is -3.67. The van der Waals surface area contributed by atoms with Gasteiger partial charge in [0.2, 0.25) is 0 Å². The molecule has 0 radical (unpaired) electrons. The van der Waals surface area contributed by atoms with Crippen LogP contribution in [0.5, 0.6) is 0 Å². The first-order valence-corrected chi connectivity index (χ1v) is 16.7. The lowest BCUT2D eigenvalue weighted by Crippen LogP contribution is -2.34. The van der Waals surface area contributed by atoms with Crippen molar-refractivity contribution in [3.63, 3.8) is 0 Å². The Labute approximate surface area is 256 Å². The number of amides is 1. The van der Waals surface area contributed by atoms with Crippen molar-refractivity contribution in [2.45, 2.75) is 84.5 Å². The van der Waals surface area contributed by atoms with Gasteiger partial charge in [0.25, 0.3) is 5.91 Å². The summed E-state index contributed by atoms with van der Waals surface area (Å²) < 4.78 is 0. The molecule has 0 spiro atoms. The van der Waals surface area contributed by atoms with Crippen molar-refractivity contribution in [2.24, 2.45) is 5.92 Å². The highest BCUT2D eigenvalue weighted by Crippen LogP contribution is 2.34. The van der Waals surface area contributed by atoms with Gasteiger partial charge in [0.15, 0.2) is 0 Å². The summed E-state index contributed by atoms with van der Waals surface area (Å²) in [7, 11) is 0. The summed E-state index contributed by atoms with van der Waals surface area (Å²) >= 11 is 0. The molecular formula is C37H47N5O. The molecule has 2 N–H and O–H groups in total. The van der Waals surface area contributed by atoms with Crippen LogP contribution in [0.4, 0.5) is 11.5 Å². The van der Waals surface area contributed by atoms with Crippen molar-refractivity contribution >= 4 is 39.2 Å². The van der Waals surface area contributed by atoms with Gasteiger partial charge in [0.1, 0.15) is 5.82 Å². The molecule has 226 valence electrons. The van der Waals surface area contributed by atoms with Gasteiger partial charge in [-0.1, -0.05) is 62.6 Å². The molecule has 0 saturated carbocycles. The number of carbonyl (C=O) groups excluding carboxylic acids is 1. The zero-order valence-electron chi connectivity index (χ0n) is 26.1. The molecule has 1 fully saturated rings. The fraction of sp³-hybridized carbons (Fsp3) is 0.486. The molecule has 1 aliphatic heterocycles. The molecule has 0 bridgehead atoms. The SMILES string of the molecule is Cc1c(N2CCC(C)CC2)nc2ccccc2c1C(=O)NCCCCCCCNc1c2c(nc3ccccc13)CCCC2. The Kier molecular flexibility index (Phi) is 9.40. The molecule has 2 aromatic heterocycles. The molecule has 3 heterocycles. The molecule has 0 atom stereocenters. The number of piperidine rings is 1. The number of nitrogens with zero attached hydrogens (tertiary/aromatic N) is 3. The summed E-state index contributed by atoms with van der Waals surface area (Å²) in [5.41, 5.74) is 7.86. The standard InChI is InChI=1S/C37H47N5O/c1-26-20-24-42(25-21-26)36-27(2)34(28-14-6-9-17-31(28)41-36)37(43)39-23-13-5-3-4-12-22-38-35-29-15-7-10-18-32(29)40-33-19-11-8-16-30(33)35/h6-7,9-10,14-15,17-18,26H,3-5,8,11-13,16,19-25H2,1-2H3,(H,38,40)(H,39,43). The van der Waals surface area contributed by atoms with Gasteiger partial charge >= 0.3 is 0 Å². The molecule has 2 aliphatic rings. The van der Waals surface area contributed by atoms with E-state index in [1.54, 1.807) is 0 Å². The van der Waals surface area contributed by atoms with Crippen molar-refractivity contribution in [2.75, 3.05) is 36.4 Å². The molecule has 1 amide bonds. The lowest BCUT2D eigenvalue weighted by Gasteiger charge is -2.33. The van der Waals surface area contributed by atoms with Gasteiger partial charge in [0, 0.05) is 53.9 Å². The fourth-order valence-electron chi connectivity index (χ4n) is 6.97. The van der Waals surface area contributed by atoms with E-state index in [1.165, 1.54) is 60.9 Å². The van der Waals surface area contributed by atoms with Crippen molar-refractivity contribution in [1.29, 1.82) is 0 Å². The number of carbonyl (C=O) groups is 1. The third-order valence-corrected chi connectivity index (χ3v) is 9.53. The summed E-state index contributed by atoms with van der Waals surface area (Å²) in [6.45, 7) is 8.10. The third kappa shape index (κ3) is 6.63. The summed E-state index contributed by atoms with van der Waals surface area (Å²) in [5, 5.41) is 9.24. The molecule has 2 aromatic carbocycles. The zero-order valence-corrected chi connectivity index (χ0v) is 26.1. The van der Waals surface area contributed by atoms with E-state index in [0.717, 1.165) is 91.0 Å². The van der Waals surface area contributed by atoms with Crippen LogP contribution in [-0.2, 0) is 12.8 Å². The van der Waals surface area contributed by atoms with E-state index in [2.05, 4.69) is 53.6 Å². The van der Waals surface area contributed by atoms with E-state index in [9.17, 15) is 4.79 Å². The topological polar surface area (TPSA) is 70.2 Å². The quantitative estimate of drug-likeness (QED) is 0.177. The number of aromatic nitrogens is 2. The minimum absolute atomic E-state index is 0.0276. The minimum atomic E-state index is 0.0276. The monoisotopic (exact) mass is 577 g/mol. The third-order valence-electron chi connectivity index (χ3n) is 9.53. The Balaban J connectivity index is 0.981. The highest BCUT2D eigenvalue weighted by molar-refractivity contribution is 6.08. The molecule has 43 heavy (non-hydrogen) atoms. The van der Waals surface area contributed by atoms with E-state index in [-0.39, 0.29) is 5.91 Å². The number of hydrogen-bond donors (Lipinski definition) is 2. The van der Waals surface area contributed by atoms with Crippen LogP contribution < -0.4 is 15.5 Å². The summed E-state index contributed by atoms with van der Waals surface area (Å²) in [5.74, 6) is 1.76. The Morgan fingerprint density at radius 3 is 2.28 bits per heavy atom. The second-order valence-electron chi connectivity index (χ2n) is 12.7. The van der Waals surface area contributed by atoms with Gasteiger partial charge in [0.05, 0.1) is 16.6 Å². The molecule has 6 heteroatoms. The number of aryl methyl sites for hydroxylation is 1. The number of unbranched alkanes of at least 4 members (excludes halogenated alkanes) is 4. The average molecular weight is 578 g/mol. The summed E-state index contributed by atoms with van der Waals surface area (Å²) in [6.07, 6.45) is 12.7. The van der Waals surface area contributed by atoms with Gasteiger partial charge in [-0.25, -0.2) is 4.98 Å². The van der Waals surface area contributed by atoms with Crippen molar-refractivity contribution < 1.29 is 4.79 Å². The highest BCUT2D eigenvalue weighted by atomic mass is 16.1. The molecule has 1 aliphatic carbocycles. The molecule has 6 rings (SSSR count). The smallest absolute Gasteiger partial charge is 0.252 e. The second-order valence-corrected chi connectivity index (χ2v) is 12.7. The Morgan fingerprint density at radius 1 is 0.837 bits per heavy atom. The van der Waals surface area contributed by atoms with Crippen LogP contribution in [0.15, 0.2) is 48.5 Å². The zero-order chi connectivity index (χ0) is 29.6. The van der Waals surface area contributed by atoms with Crippen LogP contribution in [0.2, 0.25) is 0 Å². The van der Waals surface area contributed by atoms with E-state index in [1.807, 2.05) is 24.3 Å². The predicted octanol–water partition coefficient (Wildman–Crippen LogP) is 8.00. The van der Waals surface area contributed by atoms with Crippen molar-refractivity contribution in [1.82, 2.24) is 15.3 Å². The van der Waals surface area contributed by atoms with E-state index >= 15 is 0 Å². The number of benzene rings is 2. The molecule has 1 saturated heterocycles. The Bertz CT molecular complexity index is 1570. The first-order valence-electron chi connectivity index (χ1n) is 16.7. The van der Waals surface area contributed by atoms with Gasteiger partial charge in [-0.2, -0.15) is 0 Å². The van der Waals surface area contributed by atoms with E-state index in [0.29, 0.717) is 6.54 Å². The van der Waals surface area contributed by atoms with Gasteiger partial charge in [-0.3, -0.25) is 9.78 Å². The van der Waals surface area contributed by atoms with Gasteiger partial charge in [-0.15, -0.1) is 0 Å². The number of rotatable bonds is 11. The molecule has 4 aromatic rings. The van der Waals surface area contributed by atoms with Gasteiger partial charge < -0.3 is 15.5 Å². The average Bonchev–Trinajstić information content (AvgIpc) is 3.03. The largest absolute Gasteiger partial charge is 0.384 e. The van der Waals surface area contributed by atoms with Crippen molar-refractivity contribution in [3.05, 3.63) is 70.9 Å². The number of hydrogen-bond acceptors (Lipinski definition) is 5. The summed E-state index contributed by atoms with van der Waals surface area (Å²) in [4.78, 5) is 25.8. The van der Waals surface area contributed by atoms with Crippen LogP contribution in [0.25, 0.3) is 21.8 Å². The number of para-hydroxylation sites is 2. The lowest BCUT2D eigenvalue weighted by atomic mass is 9.92. The Morgan fingerprint density at radius 2 is 1.49 bits per heavy atom. The normalized spacial score (nSPS) is 15.5. The van der Waals surface area contributed by atoms with E-state index in [4.69, 9.17) is 9.97 Å². The van der Waals surface area contributed by atoms with Gasteiger partial charge in [-0.05, 0) is 81.9 Å². The number of anilines is 2. The van der Waals surface area contributed by atoms with Crippen LogP contribution in [0.1, 0.15) is 91.9 Å². The molecular weight excluding hydrogens is 530 g/mol. The number of fused-ring (bicyclic) bond motifs is 3. The predicted molar refractivity (Wildman–Crippen MR) is 179 cm³/mol. The van der Waals surface area contributed by atoms with Crippen LogP contribution in [0.3, 0.4) is 0 Å². The maximum Gasteiger partial charge on any atom is 0.252 e. The molecule has 0 unspecified atom stereocenters. The lowest BCUT2D eigenvalue weighted by molar-refractivity contribution is 0.0954. The van der Waals surface area contributed by atoms with E-state index < -0.39 is 0 Å². The number of nitrogens with one attached hydrogen (secondary N) is 2. The first-order chi connectivity index (χ1) is 21.1. The fourth-order valence-corrected chi connectivity index (χ4v) is 6.97. The molecule has 6 nitrogen and oxygen atoms in total. The van der Waals surface area contributed by atoms with Crippen molar-refractivity contribution in [3.8, 4) is 0 Å². The van der Waals surface area contributed by atoms with Crippen LogP contribution in [-0.4, -0.2) is 42.1 Å². The minimum Gasteiger partial charge on any atom is -0.384 e.